The molecule has 1 rings (SSSR count). The van der Waals surface area contributed by atoms with Crippen LogP contribution in [-0.4, -0.2) is 24.5 Å². The quantitative estimate of drug-likeness (QED) is 0.746. The van der Waals surface area contributed by atoms with Crippen molar-refractivity contribution in [2.75, 3.05) is 14.1 Å². The van der Waals surface area contributed by atoms with Gasteiger partial charge in [-0.2, -0.15) is 0 Å². The Labute approximate surface area is 100 Å². The van der Waals surface area contributed by atoms with Crippen molar-refractivity contribution in [3.63, 3.8) is 0 Å². The van der Waals surface area contributed by atoms with Gasteiger partial charge in [0, 0.05) is 5.54 Å². The molecule has 16 heavy (non-hydrogen) atoms. The lowest BCUT2D eigenvalue weighted by Gasteiger charge is -2.32. The molecule has 0 saturated carbocycles. The first kappa shape index (κ1) is 13.2. The van der Waals surface area contributed by atoms with Crippen LogP contribution in [0.15, 0.2) is 24.3 Å². The van der Waals surface area contributed by atoms with Crippen LogP contribution in [0.2, 0.25) is 0 Å². The number of hydrogen-bond donors (Lipinski definition) is 0. The molecule has 1 aromatic rings. The van der Waals surface area contributed by atoms with E-state index in [1.165, 1.54) is 11.1 Å². The van der Waals surface area contributed by atoms with Gasteiger partial charge in [-0.25, -0.2) is 0 Å². The van der Waals surface area contributed by atoms with Crippen molar-refractivity contribution in [1.29, 1.82) is 0 Å². The normalized spacial score (nSPS) is 12.5. The summed E-state index contributed by atoms with van der Waals surface area (Å²) in [6.07, 6.45) is 1.10. The van der Waals surface area contributed by atoms with E-state index >= 15 is 0 Å². The summed E-state index contributed by atoms with van der Waals surface area (Å²) in [6.45, 7) is 9.03. The number of nitrogens with zero attached hydrogens (tertiary/aromatic N) is 1. The Bertz CT molecular complexity index is 320. The molecule has 0 fully saturated rings. The van der Waals surface area contributed by atoms with Crippen LogP contribution in [0, 0.1) is 0 Å². The minimum Gasteiger partial charge on any atom is -0.304 e. The molecule has 0 atom stereocenters. The second-order valence-electron chi connectivity index (χ2n) is 5.78. The van der Waals surface area contributed by atoms with Crippen molar-refractivity contribution in [2.24, 2.45) is 0 Å². The molecule has 0 amide bonds. The van der Waals surface area contributed by atoms with Crippen molar-refractivity contribution in [3.05, 3.63) is 35.4 Å². The summed E-state index contributed by atoms with van der Waals surface area (Å²) in [5.41, 5.74) is 3.06. The van der Waals surface area contributed by atoms with Gasteiger partial charge in [-0.1, -0.05) is 38.1 Å². The number of benzene rings is 1. The third kappa shape index (κ3) is 3.34. The van der Waals surface area contributed by atoms with E-state index in [0.29, 0.717) is 5.92 Å². The van der Waals surface area contributed by atoms with E-state index in [9.17, 15) is 0 Å². The summed E-state index contributed by atoms with van der Waals surface area (Å²) in [7, 11) is 4.28. The van der Waals surface area contributed by atoms with Crippen molar-refractivity contribution in [2.45, 2.75) is 45.6 Å². The van der Waals surface area contributed by atoms with Gasteiger partial charge < -0.3 is 4.90 Å². The number of rotatable bonds is 4. The Hall–Kier alpha value is -0.820. The average molecular weight is 219 g/mol. The standard InChI is InChI=1S/C15H25N/c1-12(2)14-9-7-13(8-10-14)11-15(3,4)16(5)6/h7-10,12H,11H2,1-6H3. The molecule has 1 nitrogen and oxygen atoms in total. The lowest BCUT2D eigenvalue weighted by Crippen LogP contribution is -2.40. The van der Waals surface area contributed by atoms with Crippen LogP contribution < -0.4 is 0 Å². The van der Waals surface area contributed by atoms with Crippen molar-refractivity contribution < 1.29 is 0 Å². The second kappa shape index (κ2) is 5.01. The molecule has 0 heterocycles. The lowest BCUT2D eigenvalue weighted by molar-refractivity contribution is 0.195. The first-order valence-corrected chi connectivity index (χ1v) is 6.09. The van der Waals surface area contributed by atoms with Crippen LogP contribution in [0.4, 0.5) is 0 Å². The van der Waals surface area contributed by atoms with Crippen LogP contribution in [0.5, 0.6) is 0 Å². The monoisotopic (exact) mass is 219 g/mol. The molecule has 0 aliphatic heterocycles. The Morgan fingerprint density at radius 3 is 1.94 bits per heavy atom. The maximum atomic E-state index is 2.28. The smallest absolute Gasteiger partial charge is 0.0187 e. The minimum absolute atomic E-state index is 0.222. The summed E-state index contributed by atoms with van der Waals surface area (Å²) < 4.78 is 0. The molecule has 1 heteroatoms. The first-order valence-electron chi connectivity index (χ1n) is 6.09. The average Bonchev–Trinajstić information content (AvgIpc) is 2.17. The Kier molecular flexibility index (Phi) is 4.15. The molecule has 0 saturated heterocycles. The van der Waals surface area contributed by atoms with Crippen molar-refractivity contribution in [3.8, 4) is 0 Å². The van der Waals surface area contributed by atoms with Gasteiger partial charge in [0.15, 0.2) is 0 Å². The van der Waals surface area contributed by atoms with E-state index in [1.54, 1.807) is 0 Å². The van der Waals surface area contributed by atoms with E-state index in [1.807, 2.05) is 0 Å². The van der Waals surface area contributed by atoms with Crippen LogP contribution >= 0.6 is 0 Å². The molecular weight excluding hydrogens is 194 g/mol. The zero-order chi connectivity index (χ0) is 12.3. The molecule has 0 aliphatic carbocycles. The highest BCUT2D eigenvalue weighted by atomic mass is 15.1. The molecule has 0 bridgehead atoms. The van der Waals surface area contributed by atoms with Gasteiger partial charge >= 0.3 is 0 Å². The molecule has 0 aromatic heterocycles. The van der Waals surface area contributed by atoms with Gasteiger partial charge in [0.2, 0.25) is 0 Å². The van der Waals surface area contributed by atoms with E-state index in [2.05, 4.69) is 71.0 Å². The fourth-order valence-corrected chi connectivity index (χ4v) is 1.68. The number of likely N-dealkylation sites (N-methyl/N-ethyl adjacent to an activating group) is 1. The molecule has 90 valence electrons. The van der Waals surface area contributed by atoms with E-state index in [4.69, 9.17) is 0 Å². The summed E-state index contributed by atoms with van der Waals surface area (Å²) in [4.78, 5) is 2.28. The minimum atomic E-state index is 0.222. The van der Waals surface area contributed by atoms with Crippen LogP contribution in [0.1, 0.15) is 44.7 Å². The Balaban J connectivity index is 2.76. The summed E-state index contributed by atoms with van der Waals surface area (Å²) >= 11 is 0. The maximum absolute atomic E-state index is 2.28. The Morgan fingerprint density at radius 2 is 1.56 bits per heavy atom. The van der Waals surface area contributed by atoms with Crippen LogP contribution in [-0.2, 0) is 6.42 Å². The summed E-state index contributed by atoms with van der Waals surface area (Å²) in [5.74, 6) is 0.621. The van der Waals surface area contributed by atoms with Crippen molar-refractivity contribution in [1.82, 2.24) is 4.90 Å². The van der Waals surface area contributed by atoms with Crippen LogP contribution in [0.25, 0.3) is 0 Å². The Morgan fingerprint density at radius 1 is 1.06 bits per heavy atom. The van der Waals surface area contributed by atoms with E-state index < -0.39 is 0 Å². The largest absolute Gasteiger partial charge is 0.304 e. The van der Waals surface area contributed by atoms with E-state index in [0.717, 1.165) is 6.42 Å². The first-order chi connectivity index (χ1) is 7.33. The van der Waals surface area contributed by atoms with Gasteiger partial charge in [0.25, 0.3) is 0 Å². The molecule has 1 aromatic carbocycles. The predicted octanol–water partition coefficient (Wildman–Crippen LogP) is 3.69. The molecule has 0 N–H and O–H groups in total. The van der Waals surface area contributed by atoms with Gasteiger partial charge in [-0.3, -0.25) is 0 Å². The fraction of sp³-hybridized carbons (Fsp3) is 0.600. The van der Waals surface area contributed by atoms with Gasteiger partial charge in [0.1, 0.15) is 0 Å². The topological polar surface area (TPSA) is 3.24 Å². The predicted molar refractivity (Wildman–Crippen MR) is 72.0 cm³/mol. The van der Waals surface area contributed by atoms with Crippen LogP contribution in [0.3, 0.4) is 0 Å². The fourth-order valence-electron chi connectivity index (χ4n) is 1.68. The van der Waals surface area contributed by atoms with Crippen molar-refractivity contribution >= 4 is 0 Å². The summed E-state index contributed by atoms with van der Waals surface area (Å²) in [6, 6.07) is 9.04. The lowest BCUT2D eigenvalue weighted by atomic mass is 9.92. The highest BCUT2D eigenvalue weighted by molar-refractivity contribution is 5.25. The molecule has 0 radical (unpaired) electrons. The number of hydrogen-bond acceptors (Lipinski definition) is 1. The zero-order valence-corrected chi connectivity index (χ0v) is 11.5. The molecule has 0 spiro atoms. The SMILES string of the molecule is CC(C)c1ccc(CC(C)(C)N(C)C)cc1. The third-order valence-electron chi connectivity index (χ3n) is 3.49. The molecular formula is C15H25N. The highest BCUT2D eigenvalue weighted by Crippen LogP contribution is 2.20. The van der Waals surface area contributed by atoms with Gasteiger partial charge in [-0.15, -0.1) is 0 Å². The highest BCUT2D eigenvalue weighted by Gasteiger charge is 2.20. The second-order valence-corrected chi connectivity index (χ2v) is 5.78. The zero-order valence-electron chi connectivity index (χ0n) is 11.5. The van der Waals surface area contributed by atoms with E-state index in [-0.39, 0.29) is 5.54 Å². The van der Waals surface area contributed by atoms with Gasteiger partial charge in [-0.05, 0) is 51.4 Å². The van der Waals surface area contributed by atoms with Gasteiger partial charge in [0.05, 0.1) is 0 Å². The third-order valence-corrected chi connectivity index (χ3v) is 3.49. The maximum Gasteiger partial charge on any atom is 0.0187 e. The molecule has 0 unspecified atom stereocenters. The summed E-state index contributed by atoms with van der Waals surface area (Å²) in [5, 5.41) is 0. The molecule has 0 aliphatic rings.